The molecule has 2 nitrogen and oxygen atoms in total. The van der Waals surface area contributed by atoms with E-state index < -0.39 is 0 Å². The number of hydrogen-bond acceptors (Lipinski definition) is 2. The molecule has 1 atom stereocenters. The van der Waals surface area contributed by atoms with E-state index >= 15 is 0 Å². The number of furan rings is 1. The first-order chi connectivity index (χ1) is 7.81. The molecule has 1 N–H and O–H groups in total. The highest BCUT2D eigenvalue weighted by molar-refractivity contribution is 6.29. The summed E-state index contributed by atoms with van der Waals surface area (Å²) in [7, 11) is 0. The summed E-state index contributed by atoms with van der Waals surface area (Å²) in [5, 5.41) is 4.05. The minimum Gasteiger partial charge on any atom is -0.453 e. The topological polar surface area (TPSA) is 25.2 Å². The van der Waals surface area contributed by atoms with Gasteiger partial charge < -0.3 is 9.73 Å². The second-order valence-corrected chi connectivity index (χ2v) is 4.99. The van der Waals surface area contributed by atoms with Gasteiger partial charge in [-0.15, -0.1) is 0 Å². The Balaban J connectivity index is 2.01. The van der Waals surface area contributed by atoms with Crippen molar-refractivity contribution in [3.8, 4) is 0 Å². The molecule has 0 saturated heterocycles. The summed E-state index contributed by atoms with van der Waals surface area (Å²) >= 11 is 6.05. The monoisotopic (exact) mass is 241 g/mol. The van der Waals surface area contributed by atoms with Gasteiger partial charge in [-0.1, -0.05) is 32.6 Å². The molecule has 0 aliphatic heterocycles. The van der Waals surface area contributed by atoms with Gasteiger partial charge in [0.15, 0.2) is 5.22 Å². The van der Waals surface area contributed by atoms with E-state index in [4.69, 9.17) is 16.0 Å². The van der Waals surface area contributed by atoms with E-state index in [1.165, 1.54) is 32.1 Å². The lowest BCUT2D eigenvalue weighted by Gasteiger charge is -2.20. The van der Waals surface area contributed by atoms with Crippen LogP contribution in [0.25, 0.3) is 0 Å². The van der Waals surface area contributed by atoms with Crippen LogP contribution in [0.4, 0.5) is 0 Å². The number of rotatable bonds is 5. The first-order valence-electron chi connectivity index (χ1n) is 6.27. The number of hydrogen-bond donors (Lipinski definition) is 1. The van der Waals surface area contributed by atoms with Gasteiger partial charge in [-0.3, -0.25) is 0 Å². The molecule has 0 spiro atoms. The summed E-state index contributed by atoms with van der Waals surface area (Å²) in [5.74, 6) is 0.856. The van der Waals surface area contributed by atoms with Crippen molar-refractivity contribution in [3.63, 3.8) is 0 Å². The fourth-order valence-corrected chi connectivity index (χ4v) is 2.95. The van der Waals surface area contributed by atoms with Crippen molar-refractivity contribution < 1.29 is 4.42 Å². The van der Waals surface area contributed by atoms with Crippen LogP contribution in [0.2, 0.25) is 5.22 Å². The standard InChI is InChI=1S/C13H20ClNO/c1-2-15-12(9-10-5-3-4-6-10)11-7-8-16-13(11)14/h7-8,10,12,15H,2-6,9H2,1H3. The summed E-state index contributed by atoms with van der Waals surface area (Å²) < 4.78 is 5.18. The zero-order valence-corrected chi connectivity index (χ0v) is 10.6. The molecular weight excluding hydrogens is 222 g/mol. The predicted molar refractivity (Wildman–Crippen MR) is 66.7 cm³/mol. The maximum absolute atomic E-state index is 6.05. The second-order valence-electron chi connectivity index (χ2n) is 4.65. The molecule has 90 valence electrons. The van der Waals surface area contributed by atoms with E-state index in [2.05, 4.69) is 12.2 Å². The third-order valence-electron chi connectivity index (χ3n) is 3.52. The molecule has 1 unspecified atom stereocenters. The quantitative estimate of drug-likeness (QED) is 0.837. The van der Waals surface area contributed by atoms with Crippen LogP contribution in [-0.4, -0.2) is 6.54 Å². The Morgan fingerprint density at radius 3 is 2.81 bits per heavy atom. The molecule has 1 aromatic heterocycles. The van der Waals surface area contributed by atoms with Crippen LogP contribution in [-0.2, 0) is 0 Å². The predicted octanol–water partition coefficient (Wildman–Crippen LogP) is 4.16. The van der Waals surface area contributed by atoms with Crippen LogP contribution in [0.3, 0.4) is 0 Å². The summed E-state index contributed by atoms with van der Waals surface area (Å²) in [5.41, 5.74) is 1.12. The smallest absolute Gasteiger partial charge is 0.197 e. The summed E-state index contributed by atoms with van der Waals surface area (Å²) in [4.78, 5) is 0. The van der Waals surface area contributed by atoms with E-state index in [0.29, 0.717) is 11.3 Å². The maximum Gasteiger partial charge on any atom is 0.197 e. The molecule has 0 bridgehead atoms. The van der Waals surface area contributed by atoms with E-state index in [0.717, 1.165) is 18.0 Å². The number of nitrogens with one attached hydrogen (secondary N) is 1. The molecule has 1 aliphatic carbocycles. The van der Waals surface area contributed by atoms with Crippen molar-refractivity contribution in [2.24, 2.45) is 5.92 Å². The Morgan fingerprint density at radius 1 is 1.50 bits per heavy atom. The highest BCUT2D eigenvalue weighted by Crippen LogP contribution is 2.35. The van der Waals surface area contributed by atoms with Crippen LogP contribution in [0.5, 0.6) is 0 Å². The molecule has 0 radical (unpaired) electrons. The van der Waals surface area contributed by atoms with E-state index in [-0.39, 0.29) is 0 Å². The van der Waals surface area contributed by atoms with E-state index in [1.54, 1.807) is 6.26 Å². The lowest BCUT2D eigenvalue weighted by Crippen LogP contribution is -2.22. The fourth-order valence-electron chi connectivity index (χ4n) is 2.70. The van der Waals surface area contributed by atoms with Gasteiger partial charge in [0, 0.05) is 11.6 Å². The highest BCUT2D eigenvalue weighted by Gasteiger charge is 2.23. The molecule has 16 heavy (non-hydrogen) atoms. The average molecular weight is 242 g/mol. The Kier molecular flexibility index (Phi) is 4.30. The van der Waals surface area contributed by atoms with Crippen LogP contribution < -0.4 is 5.32 Å². The Labute approximate surface area is 102 Å². The average Bonchev–Trinajstić information content (AvgIpc) is 2.88. The van der Waals surface area contributed by atoms with Gasteiger partial charge in [0.2, 0.25) is 0 Å². The minimum absolute atomic E-state index is 0.361. The van der Waals surface area contributed by atoms with Crippen molar-refractivity contribution in [1.29, 1.82) is 0 Å². The molecule has 1 aromatic rings. The second kappa shape index (κ2) is 5.74. The molecular formula is C13H20ClNO. The molecule has 0 aromatic carbocycles. The first kappa shape index (κ1) is 12.0. The molecule has 3 heteroatoms. The van der Waals surface area contributed by atoms with Gasteiger partial charge in [-0.05, 0) is 36.6 Å². The SMILES string of the molecule is CCNC(CC1CCCC1)c1ccoc1Cl. The zero-order valence-electron chi connectivity index (χ0n) is 9.84. The lowest BCUT2D eigenvalue weighted by molar-refractivity contribution is 0.398. The van der Waals surface area contributed by atoms with Gasteiger partial charge in [-0.25, -0.2) is 0 Å². The fraction of sp³-hybridized carbons (Fsp3) is 0.692. The van der Waals surface area contributed by atoms with Crippen molar-refractivity contribution in [2.45, 2.75) is 45.1 Å². The Bertz CT molecular complexity index is 317. The van der Waals surface area contributed by atoms with E-state index in [1.807, 2.05) is 6.07 Å². The normalized spacial score (nSPS) is 19.1. The summed E-state index contributed by atoms with van der Waals surface area (Å²) in [6.45, 7) is 3.11. The van der Waals surface area contributed by atoms with Gasteiger partial charge in [0.1, 0.15) is 0 Å². The van der Waals surface area contributed by atoms with Crippen molar-refractivity contribution >= 4 is 11.6 Å². The van der Waals surface area contributed by atoms with Crippen LogP contribution in [0.15, 0.2) is 16.7 Å². The Hall–Kier alpha value is -0.470. The van der Waals surface area contributed by atoms with Crippen molar-refractivity contribution in [2.75, 3.05) is 6.54 Å². The van der Waals surface area contributed by atoms with Gasteiger partial charge in [0.25, 0.3) is 0 Å². The van der Waals surface area contributed by atoms with Crippen molar-refractivity contribution in [3.05, 3.63) is 23.1 Å². The minimum atomic E-state index is 0.361. The first-order valence-corrected chi connectivity index (χ1v) is 6.65. The maximum atomic E-state index is 6.05. The van der Waals surface area contributed by atoms with Crippen molar-refractivity contribution in [1.82, 2.24) is 5.32 Å². The lowest BCUT2D eigenvalue weighted by atomic mass is 9.95. The third-order valence-corrected chi connectivity index (χ3v) is 3.82. The van der Waals surface area contributed by atoms with Gasteiger partial charge in [-0.2, -0.15) is 0 Å². The molecule has 1 aliphatic rings. The van der Waals surface area contributed by atoms with Crippen LogP contribution >= 0.6 is 11.6 Å². The molecule has 2 rings (SSSR count). The zero-order chi connectivity index (χ0) is 11.4. The third kappa shape index (κ3) is 2.80. The molecule has 1 saturated carbocycles. The summed E-state index contributed by atoms with van der Waals surface area (Å²) in [6, 6.07) is 2.35. The molecule has 1 heterocycles. The van der Waals surface area contributed by atoms with Gasteiger partial charge >= 0.3 is 0 Å². The van der Waals surface area contributed by atoms with Gasteiger partial charge in [0.05, 0.1) is 6.26 Å². The summed E-state index contributed by atoms with van der Waals surface area (Å²) in [6.07, 6.45) is 8.39. The molecule has 1 fully saturated rings. The van der Waals surface area contributed by atoms with E-state index in [9.17, 15) is 0 Å². The largest absolute Gasteiger partial charge is 0.453 e. The van der Waals surface area contributed by atoms with Crippen LogP contribution in [0, 0.1) is 5.92 Å². The molecule has 0 amide bonds. The highest BCUT2D eigenvalue weighted by atomic mass is 35.5. The van der Waals surface area contributed by atoms with Crippen LogP contribution in [0.1, 0.15) is 50.6 Å². The Morgan fingerprint density at radius 2 is 2.25 bits per heavy atom. The number of halogens is 1.